The molecule has 5 nitrogen and oxygen atoms in total. The number of rotatable bonds is 4. The Labute approximate surface area is 182 Å². The first kappa shape index (κ1) is 24.2. The molecule has 0 amide bonds. The summed E-state index contributed by atoms with van der Waals surface area (Å²) in [6, 6.07) is 4.44. The van der Waals surface area contributed by atoms with Gasteiger partial charge in [-0.15, -0.1) is 24.0 Å². The van der Waals surface area contributed by atoms with E-state index in [1.54, 1.807) is 13.8 Å². The molecule has 1 saturated heterocycles. The highest BCUT2D eigenvalue weighted by molar-refractivity contribution is 14.0. The first-order valence-corrected chi connectivity index (χ1v) is 11.0. The Kier molecular flexibility index (Phi) is 8.59. The quantitative estimate of drug-likeness (QED) is 0.386. The minimum absolute atomic E-state index is 0. The molecule has 1 N–H and O–H groups in total. The van der Waals surface area contributed by atoms with Gasteiger partial charge in [-0.25, -0.2) is 8.42 Å². The molecule has 0 aliphatic carbocycles. The zero-order valence-corrected chi connectivity index (χ0v) is 20.6. The van der Waals surface area contributed by atoms with Crippen molar-refractivity contribution in [1.29, 1.82) is 0 Å². The van der Waals surface area contributed by atoms with Crippen molar-refractivity contribution in [2.24, 2.45) is 4.99 Å². The van der Waals surface area contributed by atoms with Crippen LogP contribution in [0.1, 0.15) is 43.0 Å². The Morgan fingerprint density at radius 1 is 1.22 bits per heavy atom. The maximum Gasteiger partial charge on any atom is 0.194 e. The first-order chi connectivity index (χ1) is 12.1. The van der Waals surface area contributed by atoms with Gasteiger partial charge in [0.25, 0.3) is 0 Å². The van der Waals surface area contributed by atoms with Crippen molar-refractivity contribution >= 4 is 39.8 Å². The maximum atomic E-state index is 12.2. The lowest BCUT2D eigenvalue weighted by molar-refractivity contribution is 0.353. The fraction of sp³-hybridized carbons (Fsp3) is 0.650. The predicted octanol–water partition coefficient (Wildman–Crippen LogP) is 3.25. The normalized spacial score (nSPS) is 18.7. The summed E-state index contributed by atoms with van der Waals surface area (Å²) < 4.78 is 23.7. The van der Waals surface area contributed by atoms with E-state index in [1.165, 1.54) is 22.3 Å². The van der Waals surface area contributed by atoms with E-state index in [0.717, 1.165) is 18.9 Å². The number of aryl methyl sites for hydroxylation is 3. The Hall–Kier alpha value is -0.830. The van der Waals surface area contributed by atoms with Crippen molar-refractivity contribution < 1.29 is 8.42 Å². The van der Waals surface area contributed by atoms with Gasteiger partial charge in [-0.2, -0.15) is 0 Å². The third kappa shape index (κ3) is 5.82. The third-order valence-electron chi connectivity index (χ3n) is 5.14. The van der Waals surface area contributed by atoms with Gasteiger partial charge >= 0.3 is 0 Å². The molecule has 27 heavy (non-hydrogen) atoms. The topological polar surface area (TPSA) is 61.8 Å². The van der Waals surface area contributed by atoms with Gasteiger partial charge in [-0.1, -0.05) is 17.7 Å². The Morgan fingerprint density at radius 3 is 2.33 bits per heavy atom. The van der Waals surface area contributed by atoms with Gasteiger partial charge in [0.05, 0.1) is 10.5 Å². The number of guanidine groups is 1. The van der Waals surface area contributed by atoms with Gasteiger partial charge in [-0.05, 0) is 64.7 Å². The summed E-state index contributed by atoms with van der Waals surface area (Å²) >= 11 is 0. The number of nitrogens with one attached hydrogen (secondary N) is 1. The van der Waals surface area contributed by atoms with E-state index in [-0.39, 0.29) is 29.7 Å². The van der Waals surface area contributed by atoms with E-state index >= 15 is 0 Å². The zero-order chi connectivity index (χ0) is 19.5. The third-order valence-corrected chi connectivity index (χ3v) is 7.67. The van der Waals surface area contributed by atoms with Gasteiger partial charge in [0.1, 0.15) is 0 Å². The second-order valence-corrected chi connectivity index (χ2v) is 10.6. The molecule has 0 radical (unpaired) electrons. The van der Waals surface area contributed by atoms with Gasteiger partial charge in [-0.3, -0.25) is 4.99 Å². The Morgan fingerprint density at radius 2 is 1.81 bits per heavy atom. The van der Waals surface area contributed by atoms with Gasteiger partial charge < -0.3 is 10.2 Å². The maximum absolute atomic E-state index is 12.2. The van der Waals surface area contributed by atoms with E-state index in [1.807, 2.05) is 6.92 Å². The second kappa shape index (κ2) is 9.58. The van der Waals surface area contributed by atoms with Crippen molar-refractivity contribution in [3.05, 3.63) is 34.4 Å². The molecule has 1 aliphatic rings. The fourth-order valence-corrected chi connectivity index (χ4v) is 4.99. The lowest BCUT2D eigenvalue weighted by Crippen LogP contribution is -2.57. The van der Waals surface area contributed by atoms with Crippen LogP contribution in [0, 0.1) is 20.8 Å². The molecule has 1 heterocycles. The van der Waals surface area contributed by atoms with Crippen LogP contribution in [0.25, 0.3) is 0 Å². The highest BCUT2D eigenvalue weighted by Gasteiger charge is 2.40. The molecule has 154 valence electrons. The smallest absolute Gasteiger partial charge is 0.194 e. The number of nitrogens with zero attached hydrogens (tertiary/aromatic N) is 2. The number of halogens is 1. The van der Waals surface area contributed by atoms with Gasteiger partial charge in [0.2, 0.25) is 0 Å². The van der Waals surface area contributed by atoms with E-state index in [9.17, 15) is 8.42 Å². The van der Waals surface area contributed by atoms with Crippen molar-refractivity contribution in [3.8, 4) is 0 Å². The van der Waals surface area contributed by atoms with Crippen LogP contribution in [0.3, 0.4) is 0 Å². The predicted molar refractivity (Wildman–Crippen MR) is 125 cm³/mol. The van der Waals surface area contributed by atoms with Crippen molar-refractivity contribution in [2.45, 2.75) is 52.7 Å². The molecule has 0 saturated carbocycles. The number of sulfone groups is 1. The molecule has 0 unspecified atom stereocenters. The largest absolute Gasteiger partial charge is 0.357 e. The highest BCUT2D eigenvalue weighted by atomic mass is 127. The fourth-order valence-electron chi connectivity index (χ4n) is 3.63. The summed E-state index contributed by atoms with van der Waals surface area (Å²) in [5.41, 5.74) is 5.27. The van der Waals surface area contributed by atoms with Crippen LogP contribution < -0.4 is 5.32 Å². The molecular weight excluding hydrogens is 473 g/mol. The molecule has 1 aliphatic heterocycles. The number of aliphatic imine (C=N–C) groups is 1. The van der Waals surface area contributed by atoms with Crippen molar-refractivity contribution in [1.82, 2.24) is 10.2 Å². The summed E-state index contributed by atoms with van der Waals surface area (Å²) in [6.45, 7) is 14.5. The second-order valence-electron chi connectivity index (χ2n) is 7.86. The number of benzene rings is 1. The summed E-state index contributed by atoms with van der Waals surface area (Å²) in [5, 5.41) is 3.32. The lowest BCUT2D eigenvalue weighted by atomic mass is 9.97. The van der Waals surface area contributed by atoms with Crippen LogP contribution in [0.4, 0.5) is 0 Å². The van der Waals surface area contributed by atoms with Crippen LogP contribution in [0.2, 0.25) is 0 Å². The molecule has 2 rings (SSSR count). The molecule has 0 aromatic heterocycles. The Bertz CT molecular complexity index is 765. The molecule has 1 aromatic rings. The molecule has 7 heteroatoms. The van der Waals surface area contributed by atoms with Crippen LogP contribution in [0.15, 0.2) is 17.1 Å². The molecule has 0 atom stereocenters. The van der Waals surface area contributed by atoms with Gasteiger partial charge in [0, 0.05) is 26.2 Å². The van der Waals surface area contributed by atoms with Crippen LogP contribution in [-0.2, 0) is 16.3 Å². The standard InChI is InChI=1S/C20H33N3O2S.HI/c1-7-21-19(23-10-11-26(24,25)20(5,6)14-23)22-9-8-18-16(3)12-15(2)13-17(18)4;/h12-13H,7-11,14H2,1-6H3,(H,21,22);1H. The summed E-state index contributed by atoms with van der Waals surface area (Å²) in [7, 11) is -3.05. The summed E-state index contributed by atoms with van der Waals surface area (Å²) in [4.78, 5) is 6.87. The molecular formula is C20H34IN3O2S. The molecule has 0 spiro atoms. The van der Waals surface area contributed by atoms with Gasteiger partial charge in [0.15, 0.2) is 15.8 Å². The van der Waals surface area contributed by atoms with Crippen molar-refractivity contribution in [2.75, 3.05) is 31.9 Å². The summed E-state index contributed by atoms with van der Waals surface area (Å²) in [5.74, 6) is 0.999. The number of hydrogen-bond donors (Lipinski definition) is 1. The number of hydrogen-bond acceptors (Lipinski definition) is 3. The zero-order valence-electron chi connectivity index (χ0n) is 17.4. The average molecular weight is 507 g/mol. The molecule has 1 aromatic carbocycles. The molecule has 0 bridgehead atoms. The van der Waals surface area contributed by atoms with Crippen LogP contribution in [0.5, 0.6) is 0 Å². The first-order valence-electron chi connectivity index (χ1n) is 9.39. The van der Waals surface area contributed by atoms with Crippen LogP contribution >= 0.6 is 24.0 Å². The van der Waals surface area contributed by atoms with E-state index in [2.05, 4.69) is 43.1 Å². The van der Waals surface area contributed by atoms with Crippen LogP contribution in [-0.4, -0.2) is 56.0 Å². The summed E-state index contributed by atoms with van der Waals surface area (Å²) in [6.07, 6.45) is 0.891. The minimum atomic E-state index is -3.05. The lowest BCUT2D eigenvalue weighted by Gasteiger charge is -2.39. The van der Waals surface area contributed by atoms with E-state index < -0.39 is 14.6 Å². The van der Waals surface area contributed by atoms with Crippen molar-refractivity contribution in [3.63, 3.8) is 0 Å². The molecule has 1 fully saturated rings. The monoisotopic (exact) mass is 507 g/mol. The Balaban J connectivity index is 0.00000364. The minimum Gasteiger partial charge on any atom is -0.357 e. The van der Waals surface area contributed by atoms with E-state index in [0.29, 0.717) is 19.6 Å². The van der Waals surface area contributed by atoms with E-state index in [4.69, 9.17) is 4.99 Å². The highest BCUT2D eigenvalue weighted by Crippen LogP contribution is 2.24. The SMILES string of the molecule is CCNC(=NCCc1c(C)cc(C)cc1C)N1CCS(=O)(=O)C(C)(C)C1.I. The average Bonchev–Trinajstić information content (AvgIpc) is 2.51.